The van der Waals surface area contributed by atoms with Gasteiger partial charge in [0.05, 0.1) is 17.0 Å². The molecule has 4 aromatic heterocycles. The van der Waals surface area contributed by atoms with Crippen LogP contribution in [0.2, 0.25) is 0 Å². The first kappa shape index (κ1) is 39.7. The van der Waals surface area contributed by atoms with E-state index in [1.807, 2.05) is 30.7 Å². The molecule has 10 aromatic rings. The second kappa shape index (κ2) is 15.4. The Kier molecular flexibility index (Phi) is 10.2. The van der Waals surface area contributed by atoms with Gasteiger partial charge < -0.3 is 13.5 Å². The summed E-state index contributed by atoms with van der Waals surface area (Å²) >= 11 is 0. The summed E-state index contributed by atoms with van der Waals surface area (Å²) in [5.74, 6) is 2.72. The van der Waals surface area contributed by atoms with E-state index in [4.69, 9.17) is 14.7 Å². The Labute approximate surface area is 366 Å². The van der Waals surface area contributed by atoms with E-state index in [9.17, 15) is 0 Å². The van der Waals surface area contributed by atoms with E-state index in [1.165, 1.54) is 38.9 Å². The van der Waals surface area contributed by atoms with Gasteiger partial charge in [-0.1, -0.05) is 168 Å². The van der Waals surface area contributed by atoms with Crippen molar-refractivity contribution in [3.05, 3.63) is 156 Å². The molecule has 4 heterocycles. The predicted octanol–water partition coefficient (Wildman–Crippen LogP) is 14.8. The topological polar surface area (TPSA) is 43.8 Å². The van der Waals surface area contributed by atoms with E-state index in [2.05, 4.69) is 167 Å². The zero-order chi connectivity index (χ0) is 40.7. The van der Waals surface area contributed by atoms with Gasteiger partial charge in [-0.3, -0.25) is 9.97 Å². The van der Waals surface area contributed by atoms with Crippen LogP contribution in [0.5, 0.6) is 11.5 Å². The molecular formula is C54H48N4OPt. The number of aromatic nitrogens is 4. The first-order valence-electron chi connectivity index (χ1n) is 21.0. The molecule has 0 saturated carbocycles. The van der Waals surface area contributed by atoms with Crippen molar-refractivity contribution in [3.8, 4) is 33.9 Å². The number of nitrogens with zero attached hydrogens (tertiary/aromatic N) is 4. The molecule has 0 radical (unpaired) electrons. The zero-order valence-electron chi connectivity index (χ0n) is 35.4. The molecule has 60 heavy (non-hydrogen) atoms. The first-order valence-corrected chi connectivity index (χ1v) is 21.0. The molecule has 0 spiro atoms. The minimum absolute atomic E-state index is 0. The van der Waals surface area contributed by atoms with Crippen molar-refractivity contribution >= 4 is 54.6 Å². The molecule has 300 valence electrons. The van der Waals surface area contributed by atoms with Crippen LogP contribution in [0, 0.1) is 12.1 Å². The number of benzene rings is 6. The second-order valence-corrected chi connectivity index (χ2v) is 17.2. The van der Waals surface area contributed by atoms with Gasteiger partial charge in [-0.25, -0.2) is 0 Å². The molecule has 0 unspecified atom stereocenters. The monoisotopic (exact) mass is 963 g/mol. The van der Waals surface area contributed by atoms with Crippen LogP contribution in [0.25, 0.3) is 77.0 Å². The van der Waals surface area contributed by atoms with E-state index < -0.39 is 0 Å². The van der Waals surface area contributed by atoms with E-state index in [1.54, 1.807) is 0 Å². The van der Waals surface area contributed by atoms with Crippen LogP contribution >= 0.6 is 0 Å². The fraction of sp³-hybridized carbons (Fsp3) is 0.222. The van der Waals surface area contributed by atoms with Crippen LogP contribution in [-0.2, 0) is 21.1 Å². The third-order valence-corrected chi connectivity index (χ3v) is 12.2. The molecule has 0 bridgehead atoms. The van der Waals surface area contributed by atoms with Crippen LogP contribution < -0.4 is 4.74 Å². The number of imidazole rings is 2. The summed E-state index contributed by atoms with van der Waals surface area (Å²) in [4.78, 5) is 9.96. The SMILES string of the molecule is CC(C)c1cccc(C(C)C)c1-c1ccc2c(c1)c1ccc(Oc3[c-]c4c(cc3)c3ccccc3n3c(-c5c(C(C)C)cccc5C(C)C)cnc43)[c-]c1c1nccn21.[Pt+2]. The summed E-state index contributed by atoms with van der Waals surface area (Å²) in [7, 11) is 0. The molecule has 6 aromatic carbocycles. The Morgan fingerprint density at radius 2 is 1.08 bits per heavy atom. The van der Waals surface area contributed by atoms with E-state index in [0.29, 0.717) is 35.2 Å². The zero-order valence-corrected chi connectivity index (χ0v) is 37.6. The number of hydrogen-bond donors (Lipinski definition) is 0. The van der Waals surface area contributed by atoms with Crippen molar-refractivity contribution in [2.45, 2.75) is 79.1 Å². The normalized spacial score (nSPS) is 12.1. The molecule has 0 aliphatic carbocycles. The fourth-order valence-corrected chi connectivity index (χ4v) is 9.36. The maximum atomic E-state index is 6.68. The molecule has 6 heteroatoms. The smallest absolute Gasteiger partial charge is 0.497 e. The van der Waals surface area contributed by atoms with Crippen LogP contribution in [0.1, 0.15) is 101 Å². The Balaban J connectivity index is 0.00000462. The van der Waals surface area contributed by atoms with Crippen LogP contribution in [0.4, 0.5) is 0 Å². The van der Waals surface area contributed by atoms with Crippen molar-refractivity contribution in [2.75, 3.05) is 0 Å². The Bertz CT molecular complexity index is 3220. The van der Waals surface area contributed by atoms with Gasteiger partial charge in [-0.05, 0) is 80.0 Å². The first-order chi connectivity index (χ1) is 28.6. The summed E-state index contributed by atoms with van der Waals surface area (Å²) in [5, 5.41) is 6.30. The maximum Gasteiger partial charge on any atom is 2.00 e. The number of para-hydroxylation sites is 1. The largest absolute Gasteiger partial charge is 2.00 e. The average molecular weight is 964 g/mol. The van der Waals surface area contributed by atoms with E-state index in [0.717, 1.165) is 60.3 Å². The molecule has 0 aliphatic rings. The van der Waals surface area contributed by atoms with Crippen LogP contribution in [0.15, 0.2) is 122 Å². The predicted molar refractivity (Wildman–Crippen MR) is 245 cm³/mol. The van der Waals surface area contributed by atoms with Gasteiger partial charge in [-0.15, -0.1) is 12.1 Å². The molecule has 0 N–H and O–H groups in total. The molecule has 0 fully saturated rings. The molecule has 0 saturated heterocycles. The van der Waals surface area contributed by atoms with Gasteiger partial charge in [0.1, 0.15) is 0 Å². The summed E-state index contributed by atoms with van der Waals surface area (Å²) in [6, 6.07) is 44.6. The summed E-state index contributed by atoms with van der Waals surface area (Å²) in [6.45, 7) is 18.2. The van der Waals surface area contributed by atoms with Crippen molar-refractivity contribution < 1.29 is 25.8 Å². The van der Waals surface area contributed by atoms with Crippen molar-refractivity contribution in [3.63, 3.8) is 0 Å². The minimum Gasteiger partial charge on any atom is -0.497 e. The second-order valence-electron chi connectivity index (χ2n) is 17.2. The quantitative estimate of drug-likeness (QED) is 0.113. The summed E-state index contributed by atoms with van der Waals surface area (Å²) in [5.41, 5.74) is 14.3. The Morgan fingerprint density at radius 1 is 0.517 bits per heavy atom. The molecule has 0 aliphatic heterocycles. The standard InChI is InChI=1S/C54H48N4O.Pt/c1-31(2)38-14-11-15-39(32(3)4)51(38)35-19-24-48-45(27-35)43-23-21-36(28-46(43)53-55-25-26-57(48)53)59-37-20-22-42-44-13-9-10-18-49(44)58-50(30-56-54(58)47(42)29-37)52-40(33(5)6)16-12-17-41(52)34(7)8;/h9-27,30-34H,1-8H3;/q-2;+2. The van der Waals surface area contributed by atoms with Gasteiger partial charge in [0.2, 0.25) is 0 Å². The molecular weight excluding hydrogens is 916 g/mol. The van der Waals surface area contributed by atoms with Gasteiger partial charge >= 0.3 is 21.1 Å². The van der Waals surface area contributed by atoms with Gasteiger partial charge in [0, 0.05) is 46.7 Å². The van der Waals surface area contributed by atoms with Gasteiger partial charge in [-0.2, -0.15) is 0 Å². The number of ether oxygens (including phenoxy) is 1. The Morgan fingerprint density at radius 3 is 1.70 bits per heavy atom. The van der Waals surface area contributed by atoms with Gasteiger partial charge in [0.15, 0.2) is 0 Å². The number of rotatable bonds is 8. The summed E-state index contributed by atoms with van der Waals surface area (Å²) in [6.07, 6.45) is 5.95. The van der Waals surface area contributed by atoms with Crippen molar-refractivity contribution in [2.24, 2.45) is 0 Å². The van der Waals surface area contributed by atoms with Crippen molar-refractivity contribution in [1.29, 1.82) is 0 Å². The minimum atomic E-state index is 0. The summed E-state index contributed by atoms with van der Waals surface area (Å²) < 4.78 is 11.2. The molecule has 0 atom stereocenters. The van der Waals surface area contributed by atoms with Crippen LogP contribution in [0.3, 0.4) is 0 Å². The molecule has 0 amide bonds. The third-order valence-electron chi connectivity index (χ3n) is 12.2. The number of fused-ring (bicyclic) bond motifs is 12. The molecule has 10 rings (SSSR count). The van der Waals surface area contributed by atoms with Crippen LogP contribution in [-0.4, -0.2) is 18.8 Å². The third kappa shape index (κ3) is 6.32. The number of hydrogen-bond acceptors (Lipinski definition) is 3. The fourth-order valence-electron chi connectivity index (χ4n) is 9.36. The molecule has 5 nitrogen and oxygen atoms in total. The van der Waals surface area contributed by atoms with E-state index in [-0.39, 0.29) is 21.1 Å². The maximum absolute atomic E-state index is 6.68. The Hall–Kier alpha value is -5.77. The van der Waals surface area contributed by atoms with Gasteiger partial charge in [0.25, 0.3) is 0 Å². The number of pyridine rings is 2. The van der Waals surface area contributed by atoms with Crippen molar-refractivity contribution in [1.82, 2.24) is 18.8 Å². The average Bonchev–Trinajstić information content (AvgIpc) is 3.92. The van der Waals surface area contributed by atoms with E-state index >= 15 is 0 Å².